The largest absolute Gasteiger partial charge is 0.508 e. The maximum absolute atomic E-state index is 12.8. The lowest BCUT2D eigenvalue weighted by atomic mass is 10.1. The van der Waals surface area contributed by atoms with E-state index in [1.807, 2.05) is 0 Å². The molecule has 0 aliphatic carbocycles. The fraction of sp³-hybridized carbons (Fsp3) is 0.150. The second-order valence-electron chi connectivity index (χ2n) is 6.55. The normalized spacial score (nSPS) is 13.5. The van der Waals surface area contributed by atoms with Crippen LogP contribution in [0.2, 0.25) is 0 Å². The molecule has 10 heteroatoms. The van der Waals surface area contributed by atoms with E-state index in [0.717, 1.165) is 4.73 Å². The summed E-state index contributed by atoms with van der Waals surface area (Å²) in [6.07, 6.45) is -3.58. The van der Waals surface area contributed by atoms with Crippen LogP contribution in [0.1, 0.15) is 16.1 Å². The van der Waals surface area contributed by atoms with Crippen molar-refractivity contribution >= 4 is 11.9 Å². The zero-order chi connectivity index (χ0) is 21.5. The molecule has 0 spiro atoms. The van der Waals surface area contributed by atoms with E-state index in [1.54, 1.807) is 18.2 Å². The number of nitrogens with zero attached hydrogens (tertiary/aromatic N) is 2. The number of carbonyl (C=O) groups is 2. The maximum Gasteiger partial charge on any atom is 0.493 e. The molecule has 4 rings (SSSR count). The average molecular weight is 417 g/mol. The van der Waals surface area contributed by atoms with Gasteiger partial charge in [-0.3, -0.25) is 9.78 Å². The van der Waals surface area contributed by atoms with Crippen LogP contribution >= 0.6 is 0 Å². The van der Waals surface area contributed by atoms with Gasteiger partial charge < -0.3 is 15.3 Å². The summed E-state index contributed by atoms with van der Waals surface area (Å²) in [6, 6.07) is 10.7. The first-order valence-electron chi connectivity index (χ1n) is 8.82. The van der Waals surface area contributed by atoms with E-state index in [1.165, 1.54) is 30.5 Å². The van der Waals surface area contributed by atoms with Crippen LogP contribution in [-0.4, -0.2) is 39.4 Å². The highest BCUT2D eigenvalue weighted by molar-refractivity contribution is 5.98. The number of hydrogen-bond donors (Lipinski definition) is 2. The van der Waals surface area contributed by atoms with Crippen molar-refractivity contribution in [3.05, 3.63) is 59.9 Å². The van der Waals surface area contributed by atoms with E-state index in [-0.39, 0.29) is 35.7 Å². The van der Waals surface area contributed by atoms with Crippen LogP contribution < -0.4 is 10.2 Å². The molecule has 0 unspecified atom stereocenters. The number of rotatable bonds is 3. The molecule has 7 nitrogen and oxygen atoms in total. The van der Waals surface area contributed by atoms with E-state index >= 15 is 0 Å². The molecule has 0 atom stereocenters. The molecule has 0 fully saturated rings. The molecule has 2 aromatic heterocycles. The van der Waals surface area contributed by atoms with Gasteiger partial charge >= 0.3 is 12.1 Å². The molecule has 0 saturated heterocycles. The minimum atomic E-state index is -5.20. The number of carbonyl (C=O) groups excluding carboxylic acids is 2. The topological polar surface area (TPSA) is 93.5 Å². The molecule has 3 heterocycles. The molecule has 2 N–H and O–H groups in total. The van der Waals surface area contributed by atoms with Gasteiger partial charge in [0.2, 0.25) is 0 Å². The summed E-state index contributed by atoms with van der Waals surface area (Å²) in [5, 5.41) is 12.3. The standard InChI is InChI=1S/C20H14F3N3O4/c21-20(22,23)19(29)30-26-16-5-7-25-18(28)14(16)10-17(26)12-4-6-24-15(9-12)11-2-1-3-13(27)8-11/h1-4,6,8-10,27H,5,7H2,(H,25,28). The second-order valence-corrected chi connectivity index (χ2v) is 6.55. The first kappa shape index (κ1) is 19.5. The maximum atomic E-state index is 12.8. The number of hydrogen-bond acceptors (Lipinski definition) is 5. The number of amides is 1. The lowest BCUT2D eigenvalue weighted by Crippen LogP contribution is -2.37. The van der Waals surface area contributed by atoms with Crippen molar-refractivity contribution in [2.45, 2.75) is 12.6 Å². The van der Waals surface area contributed by atoms with Crippen molar-refractivity contribution in [1.82, 2.24) is 15.0 Å². The summed E-state index contributed by atoms with van der Waals surface area (Å²) in [5.41, 5.74) is 1.77. The Kier molecular flexibility index (Phi) is 4.69. The molecule has 3 aromatic rings. The van der Waals surface area contributed by atoms with Gasteiger partial charge in [0.1, 0.15) is 5.75 Å². The molecule has 1 aliphatic heterocycles. The smallest absolute Gasteiger partial charge is 0.493 e. The van der Waals surface area contributed by atoms with E-state index in [0.29, 0.717) is 16.8 Å². The minimum Gasteiger partial charge on any atom is -0.508 e. The first-order chi connectivity index (χ1) is 14.2. The monoisotopic (exact) mass is 417 g/mol. The molecular weight excluding hydrogens is 403 g/mol. The van der Waals surface area contributed by atoms with Gasteiger partial charge in [-0.15, -0.1) is 0 Å². The molecule has 1 aliphatic rings. The van der Waals surface area contributed by atoms with Crippen molar-refractivity contribution in [3.63, 3.8) is 0 Å². The number of halogens is 3. The number of aromatic hydroxyl groups is 1. The van der Waals surface area contributed by atoms with Crippen molar-refractivity contribution in [2.75, 3.05) is 6.54 Å². The van der Waals surface area contributed by atoms with E-state index < -0.39 is 18.1 Å². The first-order valence-corrected chi connectivity index (χ1v) is 8.82. The summed E-state index contributed by atoms with van der Waals surface area (Å²) < 4.78 is 39.2. The van der Waals surface area contributed by atoms with Gasteiger partial charge in [-0.2, -0.15) is 17.9 Å². The molecule has 0 bridgehead atoms. The van der Waals surface area contributed by atoms with Gasteiger partial charge in [0.05, 0.1) is 22.6 Å². The van der Waals surface area contributed by atoms with E-state index in [4.69, 9.17) is 0 Å². The Morgan fingerprint density at radius 2 is 1.97 bits per heavy atom. The van der Waals surface area contributed by atoms with Crippen LogP contribution in [0.4, 0.5) is 13.2 Å². The van der Waals surface area contributed by atoms with Gasteiger partial charge in [-0.05, 0) is 30.3 Å². The average Bonchev–Trinajstić information content (AvgIpc) is 3.07. The second kappa shape index (κ2) is 7.21. The van der Waals surface area contributed by atoms with Crippen LogP contribution in [0.15, 0.2) is 48.7 Å². The zero-order valence-electron chi connectivity index (χ0n) is 15.2. The van der Waals surface area contributed by atoms with Crippen LogP contribution in [-0.2, 0) is 11.2 Å². The predicted octanol–water partition coefficient (Wildman–Crippen LogP) is 2.73. The number of benzene rings is 1. The highest BCUT2D eigenvalue weighted by Gasteiger charge is 2.43. The van der Waals surface area contributed by atoms with Gasteiger partial charge in [0.25, 0.3) is 5.91 Å². The number of aromatic nitrogens is 2. The van der Waals surface area contributed by atoms with Gasteiger partial charge in [0.15, 0.2) is 0 Å². The summed E-state index contributed by atoms with van der Waals surface area (Å²) in [7, 11) is 0. The molecular formula is C20H14F3N3O4. The molecule has 1 aromatic carbocycles. The van der Waals surface area contributed by atoms with Crippen LogP contribution in [0, 0.1) is 0 Å². The summed E-state index contributed by atoms with van der Waals surface area (Å²) in [5.74, 6) is -2.84. The zero-order valence-corrected chi connectivity index (χ0v) is 15.2. The van der Waals surface area contributed by atoms with Gasteiger partial charge in [-0.1, -0.05) is 12.1 Å². The fourth-order valence-electron chi connectivity index (χ4n) is 3.21. The fourth-order valence-corrected chi connectivity index (χ4v) is 3.21. The Morgan fingerprint density at radius 3 is 2.70 bits per heavy atom. The summed E-state index contributed by atoms with van der Waals surface area (Å²) in [4.78, 5) is 32.5. The van der Waals surface area contributed by atoms with Gasteiger partial charge in [0, 0.05) is 30.3 Å². The Hall–Kier alpha value is -3.82. The number of alkyl halides is 3. The van der Waals surface area contributed by atoms with Crippen molar-refractivity contribution < 1.29 is 32.7 Å². The lowest BCUT2D eigenvalue weighted by molar-refractivity contribution is -0.199. The van der Waals surface area contributed by atoms with Crippen molar-refractivity contribution in [1.29, 1.82) is 0 Å². The molecule has 1 amide bonds. The molecule has 154 valence electrons. The molecule has 0 saturated carbocycles. The number of phenols is 1. The van der Waals surface area contributed by atoms with Crippen LogP contribution in [0.25, 0.3) is 22.5 Å². The number of nitrogens with one attached hydrogen (secondary N) is 1. The van der Waals surface area contributed by atoms with Crippen molar-refractivity contribution in [2.24, 2.45) is 0 Å². The van der Waals surface area contributed by atoms with Crippen LogP contribution in [0.3, 0.4) is 0 Å². The molecule has 30 heavy (non-hydrogen) atoms. The Balaban J connectivity index is 1.83. The SMILES string of the molecule is O=C1NCCc2c1cc(-c1ccnc(-c3cccc(O)c3)c1)n2OC(=O)C(F)(F)F. The Morgan fingerprint density at radius 1 is 1.17 bits per heavy atom. The quantitative estimate of drug-likeness (QED) is 0.684. The van der Waals surface area contributed by atoms with Gasteiger partial charge in [-0.25, -0.2) is 4.79 Å². The lowest BCUT2D eigenvalue weighted by Gasteiger charge is -2.17. The summed E-state index contributed by atoms with van der Waals surface area (Å²) in [6.45, 7) is 0.198. The van der Waals surface area contributed by atoms with E-state index in [9.17, 15) is 27.9 Å². The van der Waals surface area contributed by atoms with Crippen LogP contribution in [0.5, 0.6) is 5.75 Å². The predicted molar refractivity (Wildman–Crippen MR) is 98.4 cm³/mol. The highest BCUT2D eigenvalue weighted by atomic mass is 19.4. The minimum absolute atomic E-state index is 0.0225. The Labute approximate surface area is 167 Å². The third-order valence-electron chi connectivity index (χ3n) is 4.55. The number of phenolic OH excluding ortho intramolecular Hbond substituents is 1. The Bertz CT molecular complexity index is 1150. The third-order valence-corrected chi connectivity index (χ3v) is 4.55. The highest BCUT2D eigenvalue weighted by Crippen LogP contribution is 2.31. The van der Waals surface area contributed by atoms with Crippen molar-refractivity contribution in [3.8, 4) is 28.3 Å². The number of pyridine rings is 1. The number of fused-ring (bicyclic) bond motifs is 1. The third kappa shape index (κ3) is 3.59. The summed E-state index contributed by atoms with van der Waals surface area (Å²) >= 11 is 0. The molecule has 0 radical (unpaired) electrons. The van der Waals surface area contributed by atoms with E-state index in [2.05, 4.69) is 15.1 Å².